The summed E-state index contributed by atoms with van der Waals surface area (Å²) in [6.45, 7) is 4.14. The number of carbonyl (C=O) groups excluding carboxylic acids is 1. The molecule has 0 radical (unpaired) electrons. The van der Waals surface area contributed by atoms with E-state index in [1.807, 2.05) is 31.2 Å². The Morgan fingerprint density at radius 3 is 2.81 bits per heavy atom. The van der Waals surface area contributed by atoms with Crippen LogP contribution in [0.25, 0.3) is 0 Å². The molecule has 0 fully saturated rings. The fraction of sp³-hybridized carbons (Fsp3) is 0.308. The van der Waals surface area contributed by atoms with E-state index in [2.05, 4.69) is 22.5 Å². The minimum absolute atomic E-state index is 0.0611. The number of rotatable bonds is 4. The zero-order valence-corrected chi connectivity index (χ0v) is 9.63. The molecule has 0 aliphatic rings. The summed E-state index contributed by atoms with van der Waals surface area (Å²) >= 11 is 0. The monoisotopic (exact) mass is 216 g/mol. The van der Waals surface area contributed by atoms with Crippen molar-refractivity contribution in [1.29, 1.82) is 0 Å². The second kappa shape index (κ2) is 6.52. The molecule has 84 valence electrons. The highest BCUT2D eigenvalue weighted by Crippen LogP contribution is 2.14. The minimum Gasteiger partial charge on any atom is -0.384 e. The largest absolute Gasteiger partial charge is 0.384 e. The topological polar surface area (TPSA) is 41.1 Å². The highest BCUT2D eigenvalue weighted by molar-refractivity contribution is 5.89. The van der Waals surface area contributed by atoms with Crippen molar-refractivity contribution in [2.45, 2.75) is 20.3 Å². The van der Waals surface area contributed by atoms with Crippen LogP contribution in [0, 0.1) is 11.8 Å². The zero-order chi connectivity index (χ0) is 11.8. The molecule has 0 atom stereocenters. The molecule has 2 N–H and O–H groups in total. The van der Waals surface area contributed by atoms with Crippen LogP contribution in [0.2, 0.25) is 0 Å². The van der Waals surface area contributed by atoms with Gasteiger partial charge in [-0.2, -0.15) is 0 Å². The lowest BCUT2D eigenvalue weighted by Gasteiger charge is -2.07. The van der Waals surface area contributed by atoms with Crippen molar-refractivity contribution in [2.24, 2.45) is 0 Å². The lowest BCUT2D eigenvalue weighted by atomic mass is 10.2. The van der Waals surface area contributed by atoms with Gasteiger partial charge in [0.2, 0.25) is 5.91 Å². The first-order valence-corrected chi connectivity index (χ1v) is 5.23. The third kappa shape index (κ3) is 4.52. The van der Waals surface area contributed by atoms with Crippen molar-refractivity contribution >= 4 is 17.3 Å². The SMILES string of the molecule is CC#CCCNc1cccc(NC(C)=O)c1. The Morgan fingerprint density at radius 2 is 2.12 bits per heavy atom. The van der Waals surface area contributed by atoms with Crippen LogP contribution in [-0.2, 0) is 4.79 Å². The molecule has 1 aromatic carbocycles. The lowest BCUT2D eigenvalue weighted by Crippen LogP contribution is -2.06. The second-order valence-electron chi connectivity index (χ2n) is 3.37. The standard InChI is InChI=1S/C13H16N2O/c1-3-4-5-9-14-12-7-6-8-13(10-12)15-11(2)16/h6-8,10,14H,5,9H2,1-2H3,(H,15,16). The molecular formula is C13H16N2O. The Kier molecular flexibility index (Phi) is 4.94. The third-order valence-electron chi connectivity index (χ3n) is 1.94. The van der Waals surface area contributed by atoms with Gasteiger partial charge in [-0.05, 0) is 25.1 Å². The number of hydrogen-bond acceptors (Lipinski definition) is 2. The number of carbonyl (C=O) groups is 1. The van der Waals surface area contributed by atoms with Crippen LogP contribution in [0.3, 0.4) is 0 Å². The van der Waals surface area contributed by atoms with Gasteiger partial charge < -0.3 is 10.6 Å². The summed E-state index contributed by atoms with van der Waals surface area (Å²) in [6, 6.07) is 7.63. The molecule has 0 aliphatic heterocycles. The molecule has 0 aliphatic carbocycles. The average Bonchev–Trinajstić information content (AvgIpc) is 2.24. The van der Waals surface area contributed by atoms with E-state index in [0.29, 0.717) is 0 Å². The van der Waals surface area contributed by atoms with Crippen LogP contribution in [0.15, 0.2) is 24.3 Å². The molecule has 1 rings (SSSR count). The van der Waals surface area contributed by atoms with E-state index in [1.165, 1.54) is 6.92 Å². The van der Waals surface area contributed by atoms with Gasteiger partial charge in [-0.15, -0.1) is 11.8 Å². The molecule has 0 spiro atoms. The quantitative estimate of drug-likeness (QED) is 0.599. The summed E-state index contributed by atoms with van der Waals surface area (Å²) in [5.74, 6) is 5.77. The summed E-state index contributed by atoms with van der Waals surface area (Å²) in [7, 11) is 0. The van der Waals surface area contributed by atoms with Crippen LogP contribution in [0.5, 0.6) is 0 Å². The second-order valence-corrected chi connectivity index (χ2v) is 3.37. The molecule has 1 amide bonds. The summed E-state index contributed by atoms with van der Waals surface area (Å²) < 4.78 is 0. The zero-order valence-electron chi connectivity index (χ0n) is 9.63. The number of benzene rings is 1. The van der Waals surface area contributed by atoms with Gasteiger partial charge in [-0.3, -0.25) is 4.79 Å². The average molecular weight is 216 g/mol. The molecule has 0 saturated heterocycles. The van der Waals surface area contributed by atoms with Crippen LogP contribution in [0.4, 0.5) is 11.4 Å². The molecule has 16 heavy (non-hydrogen) atoms. The van der Waals surface area contributed by atoms with Gasteiger partial charge in [0.15, 0.2) is 0 Å². The predicted octanol–water partition coefficient (Wildman–Crippen LogP) is 2.47. The maximum atomic E-state index is 10.9. The Balaban J connectivity index is 2.52. The molecule has 3 nitrogen and oxygen atoms in total. The van der Waals surface area contributed by atoms with Crippen LogP contribution in [-0.4, -0.2) is 12.5 Å². The first kappa shape index (κ1) is 12.1. The minimum atomic E-state index is -0.0611. The Morgan fingerprint density at radius 1 is 1.38 bits per heavy atom. The van der Waals surface area contributed by atoms with Crippen molar-refractivity contribution in [3.8, 4) is 11.8 Å². The normalized spacial score (nSPS) is 8.88. The van der Waals surface area contributed by atoms with Gasteiger partial charge in [-0.1, -0.05) is 6.07 Å². The van der Waals surface area contributed by atoms with Crippen LogP contribution < -0.4 is 10.6 Å². The van der Waals surface area contributed by atoms with Gasteiger partial charge in [0, 0.05) is 31.3 Å². The van der Waals surface area contributed by atoms with Gasteiger partial charge in [0.1, 0.15) is 0 Å². The fourth-order valence-corrected chi connectivity index (χ4v) is 1.30. The van der Waals surface area contributed by atoms with Crippen molar-refractivity contribution in [3.63, 3.8) is 0 Å². The Bertz CT molecular complexity index is 415. The number of hydrogen-bond donors (Lipinski definition) is 2. The van der Waals surface area contributed by atoms with Gasteiger partial charge in [0.05, 0.1) is 0 Å². The molecule has 0 saturated carbocycles. The van der Waals surface area contributed by atoms with E-state index in [0.717, 1.165) is 24.3 Å². The van der Waals surface area contributed by atoms with Gasteiger partial charge >= 0.3 is 0 Å². The van der Waals surface area contributed by atoms with Crippen molar-refractivity contribution in [2.75, 3.05) is 17.2 Å². The Labute approximate surface area is 96.2 Å². The van der Waals surface area contributed by atoms with Gasteiger partial charge in [-0.25, -0.2) is 0 Å². The molecule has 3 heteroatoms. The molecule has 0 unspecified atom stereocenters. The summed E-state index contributed by atoms with van der Waals surface area (Å²) in [6.07, 6.45) is 0.820. The van der Waals surface area contributed by atoms with Crippen LogP contribution in [0.1, 0.15) is 20.3 Å². The van der Waals surface area contributed by atoms with Crippen molar-refractivity contribution in [1.82, 2.24) is 0 Å². The van der Waals surface area contributed by atoms with E-state index < -0.39 is 0 Å². The molecule has 1 aromatic rings. The summed E-state index contributed by atoms with van der Waals surface area (Å²) in [5.41, 5.74) is 1.79. The highest BCUT2D eigenvalue weighted by Gasteiger charge is 1.96. The van der Waals surface area contributed by atoms with E-state index in [9.17, 15) is 4.79 Å². The van der Waals surface area contributed by atoms with E-state index in [-0.39, 0.29) is 5.91 Å². The highest BCUT2D eigenvalue weighted by atomic mass is 16.1. The first-order chi connectivity index (χ1) is 7.72. The number of nitrogens with one attached hydrogen (secondary N) is 2. The predicted molar refractivity (Wildman–Crippen MR) is 67.3 cm³/mol. The maximum absolute atomic E-state index is 10.9. The van der Waals surface area contributed by atoms with Gasteiger partial charge in [0.25, 0.3) is 0 Å². The van der Waals surface area contributed by atoms with Crippen molar-refractivity contribution < 1.29 is 4.79 Å². The lowest BCUT2D eigenvalue weighted by molar-refractivity contribution is -0.114. The first-order valence-electron chi connectivity index (χ1n) is 5.23. The molecule has 0 aromatic heterocycles. The summed E-state index contributed by atoms with van der Waals surface area (Å²) in [5, 5.41) is 5.98. The molecule has 0 heterocycles. The maximum Gasteiger partial charge on any atom is 0.221 e. The fourth-order valence-electron chi connectivity index (χ4n) is 1.30. The third-order valence-corrected chi connectivity index (χ3v) is 1.94. The summed E-state index contributed by atoms with van der Waals surface area (Å²) in [4.78, 5) is 10.9. The van der Waals surface area contributed by atoms with E-state index >= 15 is 0 Å². The molecular weight excluding hydrogens is 200 g/mol. The molecule has 0 bridgehead atoms. The van der Waals surface area contributed by atoms with E-state index in [1.54, 1.807) is 0 Å². The number of anilines is 2. The Hall–Kier alpha value is -1.95. The number of amides is 1. The van der Waals surface area contributed by atoms with Crippen LogP contribution >= 0.6 is 0 Å². The van der Waals surface area contributed by atoms with Crippen molar-refractivity contribution in [3.05, 3.63) is 24.3 Å². The smallest absolute Gasteiger partial charge is 0.221 e. The van der Waals surface area contributed by atoms with E-state index in [4.69, 9.17) is 0 Å².